The van der Waals surface area contributed by atoms with Crippen LogP contribution in [-0.2, 0) is 30.3 Å². The molecule has 4 aliphatic heterocycles. The van der Waals surface area contributed by atoms with Crippen molar-refractivity contribution in [3.8, 4) is 0 Å². The van der Waals surface area contributed by atoms with Crippen LogP contribution >= 0.6 is 34.5 Å². The minimum Gasteiger partial charge on any atom is -0.466 e. The quantitative estimate of drug-likeness (QED) is 0.370. The lowest BCUT2D eigenvalue weighted by Crippen LogP contribution is -2.56. The lowest BCUT2D eigenvalue weighted by atomic mass is 9.78. The molecule has 1 unspecified atom stereocenters. The molecule has 0 aliphatic carbocycles. The van der Waals surface area contributed by atoms with Crippen molar-refractivity contribution in [1.29, 1.82) is 0 Å². The van der Waals surface area contributed by atoms with Gasteiger partial charge in [0.15, 0.2) is 0 Å². The number of ether oxygens (including phenoxy) is 2. The lowest BCUT2D eigenvalue weighted by molar-refractivity contribution is -0.137. The van der Waals surface area contributed by atoms with Gasteiger partial charge in [-0.15, -0.1) is 11.3 Å². The van der Waals surface area contributed by atoms with Gasteiger partial charge in [-0.3, -0.25) is 9.69 Å². The molecule has 1 aromatic heterocycles. The number of carbonyl (C=O) groups excluding carboxylic acids is 3. The number of rotatable bonds is 9. The third kappa shape index (κ3) is 6.96. The number of allylic oxidation sites excluding steroid dienone is 1. The van der Waals surface area contributed by atoms with Crippen LogP contribution in [0.4, 0.5) is 0 Å². The number of halogens is 2. The summed E-state index contributed by atoms with van der Waals surface area (Å²) in [6.07, 6.45) is 7.47. The zero-order valence-electron chi connectivity index (χ0n) is 27.0. The van der Waals surface area contributed by atoms with Gasteiger partial charge in [-0.1, -0.05) is 29.3 Å². The highest BCUT2D eigenvalue weighted by Gasteiger charge is 2.43. The van der Waals surface area contributed by atoms with Crippen LogP contribution in [0.1, 0.15) is 55.0 Å². The van der Waals surface area contributed by atoms with Crippen molar-refractivity contribution >= 4 is 52.4 Å². The fourth-order valence-corrected chi connectivity index (χ4v) is 9.05. The first-order valence-corrected chi connectivity index (χ1v) is 17.8. The van der Waals surface area contributed by atoms with Gasteiger partial charge in [0, 0.05) is 89.3 Å². The van der Waals surface area contributed by atoms with Crippen LogP contribution in [0, 0.1) is 0 Å². The minimum atomic E-state index is -1.02. The second-order valence-electron chi connectivity index (χ2n) is 12.7. The molecule has 3 saturated heterocycles. The highest BCUT2D eigenvalue weighted by atomic mass is 35.5. The number of esters is 2. The van der Waals surface area contributed by atoms with Gasteiger partial charge in [-0.25, -0.2) is 14.6 Å². The van der Waals surface area contributed by atoms with Crippen molar-refractivity contribution in [3.63, 3.8) is 0 Å². The molecule has 1 aromatic carbocycles. The largest absolute Gasteiger partial charge is 0.466 e. The Morgan fingerprint density at radius 3 is 2.11 bits per heavy atom. The first-order chi connectivity index (χ1) is 22.7. The Balaban J connectivity index is 1.29. The summed E-state index contributed by atoms with van der Waals surface area (Å²) in [5.74, 6) is -2.47. The Kier molecular flexibility index (Phi) is 10.6. The van der Waals surface area contributed by atoms with Crippen molar-refractivity contribution < 1.29 is 23.9 Å². The number of piperidine rings is 1. The van der Waals surface area contributed by atoms with Gasteiger partial charge in [-0.2, -0.15) is 0 Å². The number of dihydropyridines is 1. The average molecular weight is 703 g/mol. The maximum Gasteiger partial charge on any atom is 0.336 e. The molecule has 0 saturated carbocycles. The Bertz CT molecular complexity index is 1540. The van der Waals surface area contributed by atoms with Crippen molar-refractivity contribution in [2.24, 2.45) is 0 Å². The number of nitrogens with zero attached hydrogens (tertiary/aromatic N) is 4. The van der Waals surface area contributed by atoms with Crippen LogP contribution in [0.25, 0.3) is 0 Å². The van der Waals surface area contributed by atoms with E-state index in [1.54, 1.807) is 24.4 Å². The van der Waals surface area contributed by atoms with Gasteiger partial charge < -0.3 is 24.6 Å². The molecule has 1 N–H and O–H groups in total. The van der Waals surface area contributed by atoms with Crippen molar-refractivity contribution in [2.45, 2.75) is 69.0 Å². The number of amides is 1. The molecule has 13 heteroatoms. The van der Waals surface area contributed by atoms with Crippen LogP contribution in [0.5, 0.6) is 0 Å². The molecule has 0 radical (unpaired) electrons. The second kappa shape index (κ2) is 14.7. The smallest absolute Gasteiger partial charge is 0.336 e. The fourth-order valence-electron chi connectivity index (χ4n) is 7.81. The van der Waals surface area contributed by atoms with Crippen LogP contribution in [0.15, 0.2) is 52.3 Å². The maximum atomic E-state index is 14.0. The number of methoxy groups -OCH3 is 2. The van der Waals surface area contributed by atoms with E-state index in [1.807, 2.05) is 10.3 Å². The zero-order valence-corrected chi connectivity index (χ0v) is 29.3. The Hall–Kier alpha value is -2.96. The summed E-state index contributed by atoms with van der Waals surface area (Å²) in [6, 6.07) is 6.88. The molecule has 2 bridgehead atoms. The standard InChI is InChI=1S/C34H41Cl2N5O5S/c1-39-20-7-8-21(39)18-22(17-20)40-12-14-41(15-13-40)28(42)19-26-31(34(44)46-3)32(29-23(35)5-4-6-24(29)36)30(33(43)45-2)25(38-26)9-10-27-37-11-16-47-27/h4-6,11,16,20-22,32,38H,7-10,12-15,17-19H2,1-3H3/t20-,21+,22?,32-/m1/s1. The van der Waals surface area contributed by atoms with E-state index in [1.165, 1.54) is 51.2 Å². The van der Waals surface area contributed by atoms with E-state index in [-0.39, 0.29) is 33.5 Å². The lowest BCUT2D eigenvalue weighted by Gasteiger charge is -2.45. The molecular weight excluding hydrogens is 661 g/mol. The zero-order chi connectivity index (χ0) is 33.2. The third-order valence-corrected chi connectivity index (χ3v) is 11.8. The van der Waals surface area contributed by atoms with E-state index in [0.717, 1.165) is 18.1 Å². The Morgan fingerprint density at radius 1 is 0.915 bits per heavy atom. The second-order valence-corrected chi connectivity index (χ2v) is 14.4. The summed E-state index contributed by atoms with van der Waals surface area (Å²) in [5.41, 5.74) is 1.55. The maximum absolute atomic E-state index is 14.0. The van der Waals surface area contributed by atoms with Gasteiger partial charge in [-0.05, 0) is 51.3 Å². The summed E-state index contributed by atoms with van der Waals surface area (Å²) >= 11 is 15.0. The molecule has 10 nitrogen and oxygen atoms in total. The van der Waals surface area contributed by atoms with E-state index in [4.69, 9.17) is 32.7 Å². The van der Waals surface area contributed by atoms with Crippen LogP contribution in [0.2, 0.25) is 10.0 Å². The SMILES string of the molecule is COC(=O)C1=C(CCc2nccs2)NC(CC(=O)N2CCN(C3C[C@H]4CC[C@@H](C3)N4C)CC2)=C(C(=O)OC)[C@@H]1c1c(Cl)cccc1Cl. The molecule has 6 rings (SSSR count). The highest BCUT2D eigenvalue weighted by Crippen LogP contribution is 2.46. The van der Waals surface area contributed by atoms with Gasteiger partial charge in [0.1, 0.15) is 0 Å². The summed E-state index contributed by atoms with van der Waals surface area (Å²) < 4.78 is 10.5. The summed E-state index contributed by atoms with van der Waals surface area (Å²) in [7, 11) is 4.81. The molecule has 4 aliphatic rings. The number of hydrogen-bond acceptors (Lipinski definition) is 10. The molecule has 0 spiro atoms. The van der Waals surface area contributed by atoms with E-state index < -0.39 is 17.9 Å². The average Bonchev–Trinajstić information content (AvgIpc) is 3.65. The number of carbonyl (C=O) groups is 3. The fraction of sp³-hybridized carbons (Fsp3) is 0.529. The minimum absolute atomic E-state index is 0.0867. The number of nitrogens with one attached hydrogen (secondary N) is 1. The molecule has 252 valence electrons. The number of fused-ring (bicyclic) bond motifs is 2. The predicted molar refractivity (Wildman–Crippen MR) is 181 cm³/mol. The van der Waals surface area contributed by atoms with E-state index in [0.29, 0.717) is 61.0 Å². The molecule has 3 fully saturated rings. The third-order valence-electron chi connectivity index (χ3n) is 10.3. The van der Waals surface area contributed by atoms with Crippen molar-refractivity contribution in [3.05, 3.63) is 72.9 Å². The van der Waals surface area contributed by atoms with Gasteiger partial charge in [0.05, 0.1) is 42.7 Å². The number of aryl methyl sites for hydroxylation is 1. The Labute approximate surface area is 289 Å². The topological polar surface area (TPSA) is 104 Å². The van der Waals surface area contributed by atoms with Crippen molar-refractivity contribution in [2.75, 3.05) is 47.4 Å². The van der Waals surface area contributed by atoms with Gasteiger partial charge >= 0.3 is 11.9 Å². The van der Waals surface area contributed by atoms with Crippen LogP contribution in [-0.4, -0.2) is 103 Å². The predicted octanol–water partition coefficient (Wildman–Crippen LogP) is 4.78. The summed E-state index contributed by atoms with van der Waals surface area (Å²) in [4.78, 5) is 52.5. The van der Waals surface area contributed by atoms with Gasteiger partial charge in [0.25, 0.3) is 0 Å². The molecule has 5 heterocycles. The molecule has 1 amide bonds. The van der Waals surface area contributed by atoms with Gasteiger partial charge in [0.2, 0.25) is 5.91 Å². The molecule has 4 atom stereocenters. The van der Waals surface area contributed by atoms with Crippen molar-refractivity contribution in [1.82, 2.24) is 25.0 Å². The van der Waals surface area contributed by atoms with E-state index in [9.17, 15) is 14.4 Å². The summed E-state index contributed by atoms with van der Waals surface area (Å²) in [6.45, 7) is 2.86. The monoisotopic (exact) mass is 701 g/mol. The van der Waals surface area contributed by atoms with Crippen LogP contribution < -0.4 is 5.32 Å². The number of aromatic nitrogens is 1. The molecule has 2 aromatic rings. The number of benzene rings is 1. The highest BCUT2D eigenvalue weighted by molar-refractivity contribution is 7.09. The first-order valence-electron chi connectivity index (χ1n) is 16.2. The normalized spacial score (nSPS) is 25.2. The first kappa shape index (κ1) is 33.9. The number of hydrogen-bond donors (Lipinski definition) is 1. The molecular formula is C34H41Cl2N5O5S. The van der Waals surface area contributed by atoms with E-state index in [2.05, 4.69) is 27.1 Å². The molecule has 47 heavy (non-hydrogen) atoms. The Morgan fingerprint density at radius 2 is 1.53 bits per heavy atom. The number of piperazine rings is 1. The van der Waals surface area contributed by atoms with Crippen LogP contribution in [0.3, 0.4) is 0 Å². The number of thiazole rings is 1. The summed E-state index contributed by atoms with van der Waals surface area (Å²) in [5, 5.41) is 6.64. The van der Waals surface area contributed by atoms with E-state index >= 15 is 0 Å².